The van der Waals surface area contributed by atoms with Gasteiger partial charge in [-0.2, -0.15) is 0 Å². The smallest absolute Gasteiger partial charge is 0.246 e. The van der Waals surface area contributed by atoms with Gasteiger partial charge in [-0.3, -0.25) is 4.79 Å². The molecule has 0 saturated heterocycles. The molecular formula is C20H19FN4OS. The standard InChI is InChI=1S/C20H19FN4OS/c21-16-9-7-14(8-10-16)12-18-23-24-20(27-18)22-13-19(26)25-11-3-5-15-4-1-2-6-17(15)25/h1-2,4,6-10H,3,5,11-13H2,(H,22,24). The zero-order valence-corrected chi connectivity index (χ0v) is 15.5. The average Bonchev–Trinajstić information content (AvgIpc) is 3.15. The van der Waals surface area contributed by atoms with Gasteiger partial charge in [-0.1, -0.05) is 41.7 Å². The molecule has 2 heterocycles. The highest BCUT2D eigenvalue weighted by atomic mass is 32.1. The van der Waals surface area contributed by atoms with Crippen molar-refractivity contribution in [3.63, 3.8) is 0 Å². The molecule has 7 heteroatoms. The zero-order valence-electron chi connectivity index (χ0n) is 14.7. The van der Waals surface area contributed by atoms with Gasteiger partial charge in [-0.05, 0) is 42.2 Å². The maximum absolute atomic E-state index is 13.0. The summed E-state index contributed by atoms with van der Waals surface area (Å²) >= 11 is 1.41. The molecule has 5 nitrogen and oxygen atoms in total. The fourth-order valence-corrected chi connectivity index (χ4v) is 3.98. The largest absolute Gasteiger partial charge is 0.351 e. The molecule has 1 aromatic heterocycles. The van der Waals surface area contributed by atoms with Crippen molar-refractivity contribution in [2.24, 2.45) is 0 Å². The van der Waals surface area contributed by atoms with E-state index in [9.17, 15) is 9.18 Å². The summed E-state index contributed by atoms with van der Waals surface area (Å²) in [5.41, 5.74) is 3.19. The van der Waals surface area contributed by atoms with Crippen molar-refractivity contribution >= 4 is 28.1 Å². The number of anilines is 2. The Hall–Kier alpha value is -2.80. The average molecular weight is 382 g/mol. The number of fused-ring (bicyclic) bond motifs is 1. The number of nitrogens with one attached hydrogen (secondary N) is 1. The first-order chi connectivity index (χ1) is 13.2. The lowest BCUT2D eigenvalue weighted by molar-refractivity contribution is -0.117. The Morgan fingerprint density at radius 2 is 1.96 bits per heavy atom. The van der Waals surface area contributed by atoms with Gasteiger partial charge in [-0.15, -0.1) is 10.2 Å². The summed E-state index contributed by atoms with van der Waals surface area (Å²) in [6, 6.07) is 14.4. The van der Waals surface area contributed by atoms with E-state index in [2.05, 4.69) is 21.6 Å². The predicted molar refractivity (Wildman–Crippen MR) is 105 cm³/mol. The van der Waals surface area contributed by atoms with Gasteiger partial charge in [0.1, 0.15) is 10.8 Å². The molecule has 0 fully saturated rings. The monoisotopic (exact) mass is 382 g/mol. The fourth-order valence-electron chi connectivity index (χ4n) is 3.21. The van der Waals surface area contributed by atoms with Crippen molar-refractivity contribution in [1.82, 2.24) is 10.2 Å². The predicted octanol–water partition coefficient (Wildman–Crippen LogP) is 3.66. The summed E-state index contributed by atoms with van der Waals surface area (Å²) < 4.78 is 13.0. The molecule has 0 bridgehead atoms. The number of carbonyl (C=O) groups is 1. The first-order valence-corrected chi connectivity index (χ1v) is 9.69. The first kappa shape index (κ1) is 17.6. The Labute approximate surface area is 160 Å². The van der Waals surface area contributed by atoms with Crippen molar-refractivity contribution in [2.45, 2.75) is 19.3 Å². The molecule has 0 saturated carbocycles. The second-order valence-corrected chi connectivity index (χ2v) is 7.50. The molecule has 27 heavy (non-hydrogen) atoms. The number of para-hydroxylation sites is 1. The van der Waals surface area contributed by atoms with Gasteiger partial charge in [0, 0.05) is 18.7 Å². The number of aromatic nitrogens is 2. The van der Waals surface area contributed by atoms with E-state index in [0.717, 1.165) is 35.6 Å². The van der Waals surface area contributed by atoms with E-state index in [0.29, 0.717) is 11.6 Å². The summed E-state index contributed by atoms with van der Waals surface area (Å²) in [7, 11) is 0. The Morgan fingerprint density at radius 1 is 1.15 bits per heavy atom. The van der Waals surface area contributed by atoms with Crippen LogP contribution in [0.4, 0.5) is 15.2 Å². The molecule has 1 amide bonds. The number of hydrogen-bond acceptors (Lipinski definition) is 5. The lowest BCUT2D eigenvalue weighted by atomic mass is 10.0. The van der Waals surface area contributed by atoms with Crippen LogP contribution in [0.2, 0.25) is 0 Å². The number of rotatable bonds is 5. The SMILES string of the molecule is O=C(CNc1nnc(Cc2ccc(F)cc2)s1)N1CCCc2ccccc21. The van der Waals surface area contributed by atoms with Crippen LogP contribution in [-0.4, -0.2) is 29.2 Å². The second kappa shape index (κ2) is 7.84. The van der Waals surface area contributed by atoms with Gasteiger partial charge >= 0.3 is 0 Å². The van der Waals surface area contributed by atoms with Crippen LogP contribution in [0.3, 0.4) is 0 Å². The van der Waals surface area contributed by atoms with Gasteiger partial charge in [0.05, 0.1) is 6.54 Å². The van der Waals surface area contributed by atoms with Crippen molar-refractivity contribution in [3.05, 3.63) is 70.5 Å². The van der Waals surface area contributed by atoms with Crippen LogP contribution in [0.5, 0.6) is 0 Å². The number of aryl methyl sites for hydroxylation is 1. The number of benzene rings is 2. The molecule has 4 rings (SSSR count). The van der Waals surface area contributed by atoms with E-state index in [-0.39, 0.29) is 18.3 Å². The highest BCUT2D eigenvalue weighted by molar-refractivity contribution is 7.15. The summed E-state index contributed by atoms with van der Waals surface area (Å²) in [5.74, 6) is -0.228. The van der Waals surface area contributed by atoms with Gasteiger partial charge in [0.15, 0.2) is 0 Å². The Kier molecular flexibility index (Phi) is 5.11. The molecule has 3 aromatic rings. The number of carbonyl (C=O) groups excluding carboxylic acids is 1. The van der Waals surface area contributed by atoms with Gasteiger partial charge < -0.3 is 10.2 Å². The molecule has 0 radical (unpaired) electrons. The number of hydrogen-bond donors (Lipinski definition) is 1. The third-order valence-corrected chi connectivity index (χ3v) is 5.42. The highest BCUT2D eigenvalue weighted by Gasteiger charge is 2.22. The van der Waals surface area contributed by atoms with Crippen LogP contribution in [0.25, 0.3) is 0 Å². The Morgan fingerprint density at radius 3 is 2.81 bits per heavy atom. The molecule has 0 unspecified atom stereocenters. The summed E-state index contributed by atoms with van der Waals surface area (Å²) in [6.07, 6.45) is 2.58. The quantitative estimate of drug-likeness (QED) is 0.732. The maximum atomic E-state index is 13.0. The molecule has 1 N–H and O–H groups in total. The molecule has 1 aliphatic heterocycles. The van der Waals surface area contributed by atoms with E-state index in [4.69, 9.17) is 0 Å². The van der Waals surface area contributed by atoms with Gasteiger partial charge in [-0.25, -0.2) is 4.39 Å². The molecular weight excluding hydrogens is 363 g/mol. The first-order valence-electron chi connectivity index (χ1n) is 8.88. The minimum absolute atomic E-state index is 0.0254. The zero-order chi connectivity index (χ0) is 18.6. The fraction of sp³-hybridized carbons (Fsp3) is 0.250. The minimum atomic E-state index is -0.254. The van der Waals surface area contributed by atoms with Crippen molar-refractivity contribution in [2.75, 3.05) is 23.3 Å². The third kappa shape index (κ3) is 4.14. The van der Waals surface area contributed by atoms with Crippen LogP contribution in [0, 0.1) is 5.82 Å². The van der Waals surface area contributed by atoms with Crippen molar-refractivity contribution in [3.8, 4) is 0 Å². The van der Waals surface area contributed by atoms with Crippen LogP contribution in [0.15, 0.2) is 48.5 Å². The van der Waals surface area contributed by atoms with E-state index in [1.807, 2.05) is 23.1 Å². The number of halogens is 1. The Balaban J connectivity index is 1.36. The number of amides is 1. The van der Waals surface area contributed by atoms with Gasteiger partial charge in [0.2, 0.25) is 11.0 Å². The minimum Gasteiger partial charge on any atom is -0.351 e. The van der Waals surface area contributed by atoms with E-state index < -0.39 is 0 Å². The van der Waals surface area contributed by atoms with Crippen LogP contribution in [0.1, 0.15) is 22.6 Å². The van der Waals surface area contributed by atoms with E-state index in [1.54, 1.807) is 12.1 Å². The lowest BCUT2D eigenvalue weighted by Crippen LogP contribution is -2.39. The normalized spacial score (nSPS) is 13.3. The molecule has 0 aliphatic carbocycles. The Bertz CT molecular complexity index is 941. The van der Waals surface area contributed by atoms with E-state index >= 15 is 0 Å². The van der Waals surface area contributed by atoms with Crippen LogP contribution < -0.4 is 10.2 Å². The maximum Gasteiger partial charge on any atom is 0.246 e. The summed E-state index contributed by atoms with van der Waals surface area (Å²) in [6.45, 7) is 0.920. The highest BCUT2D eigenvalue weighted by Crippen LogP contribution is 2.27. The summed E-state index contributed by atoms with van der Waals surface area (Å²) in [5, 5.41) is 12.8. The van der Waals surface area contributed by atoms with E-state index in [1.165, 1.54) is 29.0 Å². The van der Waals surface area contributed by atoms with Crippen molar-refractivity contribution < 1.29 is 9.18 Å². The van der Waals surface area contributed by atoms with Crippen LogP contribution in [-0.2, 0) is 17.6 Å². The molecule has 0 spiro atoms. The second-order valence-electron chi connectivity index (χ2n) is 6.44. The third-order valence-electron chi connectivity index (χ3n) is 4.54. The molecule has 2 aromatic carbocycles. The van der Waals surface area contributed by atoms with Crippen molar-refractivity contribution in [1.29, 1.82) is 0 Å². The van der Waals surface area contributed by atoms with Crippen LogP contribution >= 0.6 is 11.3 Å². The number of nitrogens with zero attached hydrogens (tertiary/aromatic N) is 3. The molecule has 138 valence electrons. The molecule has 1 aliphatic rings. The molecule has 0 atom stereocenters. The van der Waals surface area contributed by atoms with Gasteiger partial charge in [0.25, 0.3) is 0 Å². The lowest BCUT2D eigenvalue weighted by Gasteiger charge is -2.29. The summed E-state index contributed by atoms with van der Waals surface area (Å²) in [4.78, 5) is 14.5. The topological polar surface area (TPSA) is 58.1 Å².